The third kappa shape index (κ3) is 1.64. The summed E-state index contributed by atoms with van der Waals surface area (Å²) in [5.41, 5.74) is 6.04. The first-order valence-electron chi connectivity index (χ1n) is 4.81. The van der Waals surface area contributed by atoms with Gasteiger partial charge in [0.2, 0.25) is 0 Å². The standard InChI is InChI=1S/C10H17NO2/c11-10(3-1-2-4-10)5-9(6-12)7-13-8-9/h1-2,12H,3-8,11H2. The average molecular weight is 183 g/mol. The van der Waals surface area contributed by atoms with Crippen LogP contribution in [0.2, 0.25) is 0 Å². The number of ether oxygens (including phenoxy) is 1. The summed E-state index contributed by atoms with van der Waals surface area (Å²) in [6.07, 6.45) is 7.02. The Balaban J connectivity index is 1.95. The van der Waals surface area contributed by atoms with Crippen molar-refractivity contribution in [1.82, 2.24) is 0 Å². The Kier molecular flexibility index (Phi) is 2.18. The predicted octanol–water partition coefficient (Wildman–Crippen LogP) is 0.433. The predicted molar refractivity (Wildman–Crippen MR) is 50.2 cm³/mol. The number of hydrogen-bond acceptors (Lipinski definition) is 3. The maximum Gasteiger partial charge on any atom is 0.0567 e. The summed E-state index contributed by atoms with van der Waals surface area (Å²) in [4.78, 5) is 0. The second-order valence-electron chi connectivity index (χ2n) is 4.57. The largest absolute Gasteiger partial charge is 0.396 e. The highest BCUT2D eigenvalue weighted by atomic mass is 16.5. The SMILES string of the molecule is NC1(CC2(CO)COC2)CC=CC1. The molecule has 1 aliphatic carbocycles. The fourth-order valence-electron chi connectivity index (χ4n) is 2.25. The lowest BCUT2D eigenvalue weighted by molar-refractivity contribution is -0.148. The molecule has 0 unspecified atom stereocenters. The van der Waals surface area contributed by atoms with Crippen LogP contribution in [0, 0.1) is 5.41 Å². The zero-order valence-corrected chi connectivity index (χ0v) is 7.83. The van der Waals surface area contributed by atoms with Crippen LogP contribution in [0.3, 0.4) is 0 Å². The first-order chi connectivity index (χ1) is 6.18. The second kappa shape index (κ2) is 3.08. The molecule has 3 nitrogen and oxygen atoms in total. The van der Waals surface area contributed by atoms with Crippen LogP contribution in [0.4, 0.5) is 0 Å². The zero-order valence-electron chi connectivity index (χ0n) is 7.83. The van der Waals surface area contributed by atoms with E-state index in [1.807, 2.05) is 0 Å². The number of nitrogens with two attached hydrogens (primary N) is 1. The minimum atomic E-state index is -0.119. The van der Waals surface area contributed by atoms with E-state index in [0.29, 0.717) is 13.2 Å². The Hall–Kier alpha value is -0.380. The Bertz CT molecular complexity index is 207. The maximum atomic E-state index is 9.26. The minimum absolute atomic E-state index is 0.0409. The monoisotopic (exact) mass is 183 g/mol. The third-order valence-corrected chi connectivity index (χ3v) is 3.09. The maximum absolute atomic E-state index is 9.26. The quantitative estimate of drug-likeness (QED) is 0.624. The smallest absolute Gasteiger partial charge is 0.0567 e. The Morgan fingerprint density at radius 1 is 1.31 bits per heavy atom. The molecule has 3 heteroatoms. The van der Waals surface area contributed by atoms with Gasteiger partial charge in [0.05, 0.1) is 19.8 Å². The highest BCUT2D eigenvalue weighted by molar-refractivity contribution is 5.09. The minimum Gasteiger partial charge on any atom is -0.396 e. The van der Waals surface area contributed by atoms with E-state index in [4.69, 9.17) is 10.5 Å². The Morgan fingerprint density at radius 3 is 2.31 bits per heavy atom. The molecule has 0 amide bonds. The van der Waals surface area contributed by atoms with Crippen molar-refractivity contribution in [3.05, 3.63) is 12.2 Å². The number of aliphatic hydroxyl groups excluding tert-OH is 1. The third-order valence-electron chi connectivity index (χ3n) is 3.09. The van der Waals surface area contributed by atoms with Gasteiger partial charge in [0, 0.05) is 11.0 Å². The molecule has 0 saturated carbocycles. The van der Waals surface area contributed by atoms with E-state index in [1.165, 1.54) is 0 Å². The van der Waals surface area contributed by atoms with E-state index in [1.54, 1.807) is 0 Å². The van der Waals surface area contributed by atoms with Crippen LogP contribution < -0.4 is 5.73 Å². The van der Waals surface area contributed by atoms with E-state index in [2.05, 4.69) is 12.2 Å². The summed E-state index contributed by atoms with van der Waals surface area (Å²) in [6, 6.07) is 0. The molecule has 0 aromatic carbocycles. The van der Waals surface area contributed by atoms with Crippen LogP contribution in [0.5, 0.6) is 0 Å². The summed E-state index contributed by atoms with van der Waals surface area (Å²) in [5, 5.41) is 9.26. The highest BCUT2D eigenvalue weighted by Crippen LogP contribution is 2.39. The van der Waals surface area contributed by atoms with Crippen LogP contribution >= 0.6 is 0 Å². The van der Waals surface area contributed by atoms with Gasteiger partial charge in [-0.25, -0.2) is 0 Å². The van der Waals surface area contributed by atoms with Crippen molar-refractivity contribution < 1.29 is 9.84 Å². The fourth-order valence-corrected chi connectivity index (χ4v) is 2.25. The van der Waals surface area contributed by atoms with E-state index in [-0.39, 0.29) is 17.6 Å². The average Bonchev–Trinajstić information content (AvgIpc) is 2.45. The van der Waals surface area contributed by atoms with Crippen molar-refractivity contribution in [2.75, 3.05) is 19.8 Å². The lowest BCUT2D eigenvalue weighted by Gasteiger charge is -2.44. The molecular weight excluding hydrogens is 166 g/mol. The summed E-state index contributed by atoms with van der Waals surface area (Å²) < 4.78 is 5.15. The molecule has 0 aromatic heterocycles. The molecule has 1 saturated heterocycles. The van der Waals surface area contributed by atoms with Crippen LogP contribution in [0.15, 0.2) is 12.2 Å². The van der Waals surface area contributed by atoms with Crippen LogP contribution in [-0.4, -0.2) is 30.5 Å². The number of aliphatic hydroxyl groups is 1. The van der Waals surface area contributed by atoms with E-state index in [0.717, 1.165) is 19.3 Å². The fraction of sp³-hybridized carbons (Fsp3) is 0.800. The van der Waals surface area contributed by atoms with Gasteiger partial charge in [-0.15, -0.1) is 0 Å². The first-order valence-corrected chi connectivity index (χ1v) is 4.81. The van der Waals surface area contributed by atoms with Crippen molar-refractivity contribution in [3.63, 3.8) is 0 Å². The molecule has 1 aliphatic heterocycles. The molecule has 3 N–H and O–H groups in total. The summed E-state index contributed by atoms with van der Waals surface area (Å²) in [5.74, 6) is 0. The summed E-state index contributed by atoms with van der Waals surface area (Å²) in [6.45, 7) is 1.54. The van der Waals surface area contributed by atoms with Gasteiger partial charge in [-0.1, -0.05) is 12.2 Å². The van der Waals surface area contributed by atoms with Gasteiger partial charge in [-0.3, -0.25) is 0 Å². The van der Waals surface area contributed by atoms with Crippen molar-refractivity contribution in [1.29, 1.82) is 0 Å². The van der Waals surface area contributed by atoms with Crippen molar-refractivity contribution in [2.45, 2.75) is 24.8 Å². The van der Waals surface area contributed by atoms with Gasteiger partial charge in [0.25, 0.3) is 0 Å². The lowest BCUT2D eigenvalue weighted by Crippen LogP contribution is -2.53. The molecule has 2 rings (SSSR count). The molecule has 13 heavy (non-hydrogen) atoms. The summed E-state index contributed by atoms with van der Waals surface area (Å²) >= 11 is 0. The lowest BCUT2D eigenvalue weighted by atomic mass is 9.74. The van der Waals surface area contributed by atoms with Gasteiger partial charge in [0.1, 0.15) is 0 Å². The van der Waals surface area contributed by atoms with E-state index in [9.17, 15) is 5.11 Å². The molecule has 0 radical (unpaired) electrons. The number of rotatable bonds is 3. The van der Waals surface area contributed by atoms with Gasteiger partial charge in [-0.05, 0) is 19.3 Å². The van der Waals surface area contributed by atoms with Crippen molar-refractivity contribution in [2.24, 2.45) is 11.1 Å². The normalized spacial score (nSPS) is 28.8. The van der Waals surface area contributed by atoms with Gasteiger partial charge >= 0.3 is 0 Å². The molecule has 1 heterocycles. The van der Waals surface area contributed by atoms with E-state index >= 15 is 0 Å². The van der Waals surface area contributed by atoms with Gasteiger partial charge in [0.15, 0.2) is 0 Å². The molecule has 1 fully saturated rings. The Morgan fingerprint density at radius 2 is 1.92 bits per heavy atom. The molecule has 74 valence electrons. The molecule has 0 aromatic rings. The van der Waals surface area contributed by atoms with E-state index < -0.39 is 0 Å². The molecule has 0 bridgehead atoms. The van der Waals surface area contributed by atoms with Crippen LogP contribution in [0.25, 0.3) is 0 Å². The highest BCUT2D eigenvalue weighted by Gasteiger charge is 2.44. The van der Waals surface area contributed by atoms with Crippen molar-refractivity contribution >= 4 is 0 Å². The summed E-state index contributed by atoms with van der Waals surface area (Å²) in [7, 11) is 0. The molecule has 0 spiro atoms. The molecular formula is C10H17NO2. The second-order valence-corrected chi connectivity index (χ2v) is 4.57. The zero-order chi connectivity index (χ0) is 9.36. The molecule has 0 atom stereocenters. The van der Waals surface area contributed by atoms with Crippen LogP contribution in [0.1, 0.15) is 19.3 Å². The van der Waals surface area contributed by atoms with Gasteiger partial charge < -0.3 is 15.6 Å². The Labute approximate surface area is 78.6 Å². The molecule has 2 aliphatic rings. The topological polar surface area (TPSA) is 55.5 Å². The van der Waals surface area contributed by atoms with Gasteiger partial charge in [-0.2, -0.15) is 0 Å². The first kappa shape index (κ1) is 9.19. The van der Waals surface area contributed by atoms with Crippen LogP contribution in [-0.2, 0) is 4.74 Å². The number of hydrogen-bond donors (Lipinski definition) is 2. The van der Waals surface area contributed by atoms with Crippen molar-refractivity contribution in [3.8, 4) is 0 Å².